The molecule has 0 atom stereocenters. The Labute approximate surface area is 124 Å². The summed E-state index contributed by atoms with van der Waals surface area (Å²) in [5.41, 5.74) is 0.942. The third kappa shape index (κ3) is 7.12. The first kappa shape index (κ1) is 17.3. The van der Waals surface area contributed by atoms with Crippen molar-refractivity contribution in [2.45, 2.75) is 19.6 Å². The van der Waals surface area contributed by atoms with Gasteiger partial charge in [-0.3, -0.25) is 0 Å². The van der Waals surface area contributed by atoms with Crippen molar-refractivity contribution in [1.82, 2.24) is 5.32 Å². The number of ether oxygens (including phenoxy) is 2. The van der Waals surface area contributed by atoms with Gasteiger partial charge in [0.15, 0.2) is 0 Å². The van der Waals surface area contributed by atoms with Crippen molar-refractivity contribution in [2.75, 3.05) is 26.4 Å². The SMILES string of the molecule is CCNCc1cc(Br)ccc1OCCOCC(F)(F)F. The second-order valence-electron chi connectivity index (χ2n) is 4.05. The van der Waals surface area contributed by atoms with Crippen molar-refractivity contribution in [3.8, 4) is 5.75 Å². The summed E-state index contributed by atoms with van der Waals surface area (Å²) in [6, 6.07) is 5.51. The Morgan fingerprint density at radius 2 is 2.00 bits per heavy atom. The Morgan fingerprint density at radius 3 is 2.65 bits per heavy atom. The average Bonchev–Trinajstić information content (AvgIpc) is 2.36. The molecular formula is C13H17BrF3NO2. The molecule has 0 spiro atoms. The molecule has 1 aromatic rings. The van der Waals surface area contributed by atoms with Gasteiger partial charge in [-0.25, -0.2) is 0 Å². The van der Waals surface area contributed by atoms with E-state index in [-0.39, 0.29) is 13.2 Å². The van der Waals surface area contributed by atoms with Crippen LogP contribution in [0.4, 0.5) is 13.2 Å². The number of benzene rings is 1. The first-order chi connectivity index (χ1) is 9.42. The van der Waals surface area contributed by atoms with Gasteiger partial charge in [0, 0.05) is 16.6 Å². The van der Waals surface area contributed by atoms with Crippen LogP contribution in [0.25, 0.3) is 0 Å². The van der Waals surface area contributed by atoms with Crippen LogP contribution in [0, 0.1) is 0 Å². The van der Waals surface area contributed by atoms with Crippen molar-refractivity contribution in [1.29, 1.82) is 0 Å². The van der Waals surface area contributed by atoms with Crippen molar-refractivity contribution in [3.05, 3.63) is 28.2 Å². The quantitative estimate of drug-likeness (QED) is 0.723. The van der Waals surface area contributed by atoms with Crippen LogP contribution in [-0.4, -0.2) is 32.5 Å². The second-order valence-corrected chi connectivity index (χ2v) is 4.96. The molecule has 0 radical (unpaired) electrons. The summed E-state index contributed by atoms with van der Waals surface area (Å²) in [5.74, 6) is 0.643. The zero-order valence-electron chi connectivity index (χ0n) is 11.1. The van der Waals surface area contributed by atoms with Gasteiger partial charge in [0.05, 0.1) is 6.61 Å². The van der Waals surface area contributed by atoms with E-state index >= 15 is 0 Å². The molecule has 0 heterocycles. The normalized spacial score (nSPS) is 11.7. The summed E-state index contributed by atoms with van der Waals surface area (Å²) in [4.78, 5) is 0. The maximum atomic E-state index is 11.9. The Bertz CT molecular complexity index is 413. The Hall–Kier alpha value is -0.790. The van der Waals surface area contributed by atoms with Gasteiger partial charge < -0.3 is 14.8 Å². The maximum absolute atomic E-state index is 11.9. The zero-order valence-corrected chi connectivity index (χ0v) is 12.7. The third-order valence-corrected chi connectivity index (χ3v) is 2.83. The van der Waals surface area contributed by atoms with E-state index in [4.69, 9.17) is 4.74 Å². The van der Waals surface area contributed by atoms with Crippen LogP contribution in [0.2, 0.25) is 0 Å². The van der Waals surface area contributed by atoms with E-state index in [2.05, 4.69) is 26.0 Å². The zero-order chi connectivity index (χ0) is 15.0. The number of hydrogen-bond donors (Lipinski definition) is 1. The van der Waals surface area contributed by atoms with Gasteiger partial charge in [0.25, 0.3) is 0 Å². The van der Waals surface area contributed by atoms with E-state index in [1.807, 2.05) is 19.1 Å². The van der Waals surface area contributed by atoms with Crippen molar-refractivity contribution in [2.24, 2.45) is 0 Å². The highest BCUT2D eigenvalue weighted by Gasteiger charge is 2.27. The highest BCUT2D eigenvalue weighted by Crippen LogP contribution is 2.23. The van der Waals surface area contributed by atoms with Gasteiger partial charge in [-0.15, -0.1) is 0 Å². The summed E-state index contributed by atoms with van der Waals surface area (Å²) < 4.78 is 46.5. The molecule has 0 aliphatic carbocycles. The van der Waals surface area contributed by atoms with Gasteiger partial charge in [0.2, 0.25) is 0 Å². The topological polar surface area (TPSA) is 30.5 Å². The standard InChI is InChI=1S/C13H17BrF3NO2/c1-2-18-8-10-7-11(14)3-4-12(10)20-6-5-19-9-13(15,16)17/h3-4,7,18H,2,5-6,8-9H2,1H3. The fourth-order valence-electron chi connectivity index (χ4n) is 1.49. The lowest BCUT2D eigenvalue weighted by Crippen LogP contribution is -2.20. The summed E-state index contributed by atoms with van der Waals surface area (Å²) >= 11 is 3.37. The van der Waals surface area contributed by atoms with Crippen LogP contribution in [0.15, 0.2) is 22.7 Å². The van der Waals surface area contributed by atoms with E-state index in [9.17, 15) is 13.2 Å². The predicted octanol–water partition coefficient (Wildman–Crippen LogP) is 3.52. The molecule has 1 rings (SSSR count). The van der Waals surface area contributed by atoms with E-state index in [1.54, 1.807) is 6.07 Å². The summed E-state index contributed by atoms with van der Waals surface area (Å²) in [7, 11) is 0. The highest BCUT2D eigenvalue weighted by molar-refractivity contribution is 9.10. The Balaban J connectivity index is 2.42. The fraction of sp³-hybridized carbons (Fsp3) is 0.538. The molecular weight excluding hydrogens is 339 g/mol. The van der Waals surface area contributed by atoms with Crippen LogP contribution < -0.4 is 10.1 Å². The molecule has 1 N–H and O–H groups in total. The molecule has 0 aliphatic heterocycles. The monoisotopic (exact) mass is 355 g/mol. The number of hydrogen-bond acceptors (Lipinski definition) is 3. The van der Waals surface area contributed by atoms with Crippen LogP contribution >= 0.6 is 15.9 Å². The third-order valence-electron chi connectivity index (χ3n) is 2.34. The molecule has 0 amide bonds. The van der Waals surface area contributed by atoms with Crippen LogP contribution in [0.5, 0.6) is 5.75 Å². The van der Waals surface area contributed by atoms with Gasteiger partial charge in [0.1, 0.15) is 19.0 Å². The predicted molar refractivity (Wildman–Crippen MR) is 73.9 cm³/mol. The Morgan fingerprint density at radius 1 is 1.25 bits per heavy atom. The second kappa shape index (κ2) is 8.49. The molecule has 0 unspecified atom stereocenters. The largest absolute Gasteiger partial charge is 0.491 e. The number of rotatable bonds is 8. The molecule has 0 bridgehead atoms. The van der Waals surface area contributed by atoms with E-state index < -0.39 is 12.8 Å². The lowest BCUT2D eigenvalue weighted by molar-refractivity contribution is -0.175. The van der Waals surface area contributed by atoms with Crippen molar-refractivity contribution >= 4 is 15.9 Å². The number of nitrogens with one attached hydrogen (secondary N) is 1. The molecule has 0 aromatic heterocycles. The lowest BCUT2D eigenvalue weighted by atomic mass is 10.2. The smallest absolute Gasteiger partial charge is 0.411 e. The van der Waals surface area contributed by atoms with Crippen LogP contribution in [0.1, 0.15) is 12.5 Å². The minimum absolute atomic E-state index is 0.0802. The van der Waals surface area contributed by atoms with Crippen LogP contribution in [-0.2, 0) is 11.3 Å². The van der Waals surface area contributed by atoms with E-state index in [0.29, 0.717) is 12.3 Å². The highest BCUT2D eigenvalue weighted by atomic mass is 79.9. The number of alkyl halides is 3. The lowest BCUT2D eigenvalue weighted by Gasteiger charge is -2.13. The molecule has 0 saturated carbocycles. The van der Waals surface area contributed by atoms with Gasteiger partial charge in [-0.1, -0.05) is 22.9 Å². The summed E-state index contributed by atoms with van der Waals surface area (Å²) in [6.07, 6.45) is -4.30. The fourth-order valence-corrected chi connectivity index (χ4v) is 1.89. The average molecular weight is 356 g/mol. The van der Waals surface area contributed by atoms with Crippen molar-refractivity contribution < 1.29 is 22.6 Å². The van der Waals surface area contributed by atoms with Crippen LogP contribution in [0.3, 0.4) is 0 Å². The van der Waals surface area contributed by atoms with E-state index in [1.165, 1.54) is 0 Å². The molecule has 3 nitrogen and oxygen atoms in total. The summed E-state index contributed by atoms with van der Waals surface area (Å²) in [5, 5.41) is 3.17. The maximum Gasteiger partial charge on any atom is 0.411 e. The molecule has 1 aromatic carbocycles. The van der Waals surface area contributed by atoms with E-state index in [0.717, 1.165) is 16.6 Å². The molecule has 0 aliphatic rings. The first-order valence-corrected chi connectivity index (χ1v) is 6.98. The first-order valence-electron chi connectivity index (χ1n) is 6.19. The molecule has 0 fully saturated rings. The molecule has 114 valence electrons. The molecule has 0 saturated heterocycles. The molecule has 20 heavy (non-hydrogen) atoms. The van der Waals surface area contributed by atoms with Gasteiger partial charge in [-0.05, 0) is 24.7 Å². The summed E-state index contributed by atoms with van der Waals surface area (Å²) in [6.45, 7) is 2.17. The van der Waals surface area contributed by atoms with Gasteiger partial charge in [-0.2, -0.15) is 13.2 Å². The van der Waals surface area contributed by atoms with Gasteiger partial charge >= 0.3 is 6.18 Å². The number of halogens is 4. The Kier molecular flexibility index (Phi) is 7.32. The minimum Gasteiger partial charge on any atom is -0.491 e. The molecule has 7 heteroatoms. The van der Waals surface area contributed by atoms with Crippen molar-refractivity contribution in [3.63, 3.8) is 0 Å². The minimum atomic E-state index is -4.30.